The zero-order valence-electron chi connectivity index (χ0n) is 21.2. The van der Waals surface area contributed by atoms with Gasteiger partial charge in [-0.15, -0.1) is 0 Å². The fraction of sp³-hybridized carbons (Fsp3) is 0.500. The fourth-order valence-corrected chi connectivity index (χ4v) is 5.15. The lowest BCUT2D eigenvalue weighted by Crippen LogP contribution is -2.55. The Morgan fingerprint density at radius 2 is 0.947 bits per heavy atom. The first kappa shape index (κ1) is 28.8. The van der Waals surface area contributed by atoms with Gasteiger partial charge in [0.1, 0.15) is 61.0 Å². The zero-order valence-corrected chi connectivity index (χ0v) is 21.2. The molecule has 208 valence electrons. The second-order valence-electron chi connectivity index (χ2n) is 10.1. The summed E-state index contributed by atoms with van der Waals surface area (Å²) in [7, 11) is 0. The molecule has 0 amide bonds. The van der Waals surface area contributed by atoms with Crippen molar-refractivity contribution in [1.82, 2.24) is 0 Å². The van der Waals surface area contributed by atoms with E-state index < -0.39 is 74.3 Å². The van der Waals surface area contributed by atoms with Crippen LogP contribution in [-0.2, 0) is 9.47 Å². The molecule has 0 aliphatic carbocycles. The summed E-state index contributed by atoms with van der Waals surface area (Å²) < 4.78 is 11.4. The van der Waals surface area contributed by atoms with Crippen LogP contribution in [0.4, 0.5) is 0 Å². The van der Waals surface area contributed by atoms with Crippen LogP contribution in [0.25, 0.3) is 12.2 Å². The molecule has 0 spiro atoms. The predicted molar refractivity (Wildman–Crippen MR) is 137 cm³/mol. The average Bonchev–Trinajstić information content (AvgIpc) is 2.90. The summed E-state index contributed by atoms with van der Waals surface area (Å²) >= 11 is 0. The van der Waals surface area contributed by atoms with Crippen molar-refractivity contribution < 1.29 is 50.3 Å². The van der Waals surface area contributed by atoms with Gasteiger partial charge in [-0.05, 0) is 47.2 Å². The van der Waals surface area contributed by atoms with E-state index in [1.807, 2.05) is 50.3 Å². The molecule has 2 aliphatic rings. The summed E-state index contributed by atoms with van der Waals surface area (Å²) in [6, 6.07) is 11.0. The van der Waals surface area contributed by atoms with Gasteiger partial charge in [0.05, 0.1) is 13.2 Å². The van der Waals surface area contributed by atoms with Crippen molar-refractivity contribution in [3.63, 3.8) is 0 Å². The molecule has 4 rings (SSSR count). The minimum Gasteiger partial charge on any atom is -0.394 e. The predicted octanol–water partition coefficient (Wildman–Crippen LogP) is -0.496. The summed E-state index contributed by atoms with van der Waals surface area (Å²) in [4.78, 5) is 0. The third kappa shape index (κ3) is 5.56. The quantitative estimate of drug-likeness (QED) is 0.226. The van der Waals surface area contributed by atoms with Crippen LogP contribution in [0.1, 0.15) is 45.6 Å². The lowest BCUT2D eigenvalue weighted by atomic mass is 9.88. The van der Waals surface area contributed by atoms with Crippen molar-refractivity contribution in [3.05, 3.63) is 69.8 Å². The lowest BCUT2D eigenvalue weighted by molar-refractivity contribution is -0.231. The van der Waals surface area contributed by atoms with Gasteiger partial charge >= 0.3 is 0 Å². The van der Waals surface area contributed by atoms with E-state index in [9.17, 15) is 40.9 Å². The monoisotopic (exact) mass is 532 g/mol. The maximum atomic E-state index is 10.4. The van der Waals surface area contributed by atoms with E-state index in [0.717, 1.165) is 22.3 Å². The van der Waals surface area contributed by atoms with Gasteiger partial charge in [-0.3, -0.25) is 0 Å². The number of aliphatic hydroxyl groups is 8. The van der Waals surface area contributed by atoms with Crippen LogP contribution >= 0.6 is 0 Å². The molecule has 0 saturated carbocycles. The molecule has 38 heavy (non-hydrogen) atoms. The van der Waals surface area contributed by atoms with Crippen LogP contribution in [0, 0.1) is 13.8 Å². The topological polar surface area (TPSA) is 180 Å². The molecule has 10 heteroatoms. The minimum atomic E-state index is -1.45. The first-order valence-electron chi connectivity index (χ1n) is 12.6. The molecule has 10 atom stereocenters. The van der Waals surface area contributed by atoms with Crippen LogP contribution in [0.2, 0.25) is 0 Å². The maximum absolute atomic E-state index is 10.4. The lowest BCUT2D eigenvalue weighted by Gasteiger charge is -2.40. The SMILES string of the molecule is Cc1cc(C=Cc2ccc(C3OC(CO)C(O)C(O)C3O)c(C)c2)ccc1C1OC(CO)C(O)C(O)C1O. The summed E-state index contributed by atoms with van der Waals surface area (Å²) in [6.07, 6.45) is -8.39. The van der Waals surface area contributed by atoms with E-state index in [0.29, 0.717) is 11.1 Å². The normalized spacial score (nSPS) is 36.1. The highest BCUT2D eigenvalue weighted by molar-refractivity contribution is 5.70. The van der Waals surface area contributed by atoms with E-state index in [-0.39, 0.29) is 0 Å². The van der Waals surface area contributed by atoms with Crippen molar-refractivity contribution in [2.24, 2.45) is 0 Å². The number of hydrogen-bond donors (Lipinski definition) is 8. The fourth-order valence-electron chi connectivity index (χ4n) is 5.15. The molecule has 0 aromatic heterocycles. The standard InChI is InChI=1S/C28H36O10/c1-13-9-15(5-7-17(13)27-25(35)23(33)21(31)19(11-29)37-27)3-4-16-6-8-18(14(2)10-16)28-26(36)24(34)22(32)20(12-30)38-28/h3-10,19-36H,11-12H2,1-2H3. The van der Waals surface area contributed by atoms with Gasteiger partial charge in [-0.25, -0.2) is 0 Å². The Bertz CT molecular complexity index is 1050. The van der Waals surface area contributed by atoms with Gasteiger partial charge < -0.3 is 50.3 Å². The number of hydrogen-bond acceptors (Lipinski definition) is 10. The van der Waals surface area contributed by atoms with Gasteiger partial charge in [0.25, 0.3) is 0 Å². The largest absolute Gasteiger partial charge is 0.394 e. The zero-order chi connectivity index (χ0) is 27.7. The number of aryl methyl sites for hydroxylation is 2. The molecule has 8 N–H and O–H groups in total. The van der Waals surface area contributed by atoms with Crippen molar-refractivity contribution >= 4 is 12.2 Å². The van der Waals surface area contributed by atoms with E-state index in [1.54, 1.807) is 12.1 Å². The third-order valence-corrected chi connectivity index (χ3v) is 7.45. The van der Waals surface area contributed by atoms with Gasteiger partial charge in [0.15, 0.2) is 0 Å². The first-order valence-corrected chi connectivity index (χ1v) is 12.6. The van der Waals surface area contributed by atoms with Crippen LogP contribution in [0.3, 0.4) is 0 Å². The average molecular weight is 533 g/mol. The van der Waals surface area contributed by atoms with Crippen LogP contribution in [0.15, 0.2) is 36.4 Å². The minimum absolute atomic E-state index is 0.490. The second kappa shape index (κ2) is 11.9. The van der Waals surface area contributed by atoms with Crippen LogP contribution in [-0.4, -0.2) is 103 Å². The summed E-state index contributed by atoms with van der Waals surface area (Å²) in [5.74, 6) is 0. The Morgan fingerprint density at radius 3 is 1.26 bits per heavy atom. The molecular formula is C28H36O10. The summed E-state index contributed by atoms with van der Waals surface area (Å²) in [6.45, 7) is 2.70. The molecule has 2 saturated heterocycles. The molecule has 0 bridgehead atoms. The summed E-state index contributed by atoms with van der Waals surface area (Å²) in [5.41, 5.74) is 4.60. The number of benzene rings is 2. The smallest absolute Gasteiger partial charge is 0.113 e. The van der Waals surface area contributed by atoms with Crippen LogP contribution < -0.4 is 0 Å². The molecule has 10 unspecified atom stereocenters. The molecule has 2 aromatic carbocycles. The molecule has 2 aromatic rings. The Labute approximate surface area is 220 Å². The Hall–Kier alpha value is -2.22. The van der Waals surface area contributed by atoms with Gasteiger partial charge in [-0.1, -0.05) is 48.6 Å². The maximum Gasteiger partial charge on any atom is 0.113 e. The highest BCUT2D eigenvalue weighted by atomic mass is 16.6. The van der Waals surface area contributed by atoms with E-state index in [2.05, 4.69) is 0 Å². The van der Waals surface area contributed by atoms with Crippen LogP contribution in [0.5, 0.6) is 0 Å². The van der Waals surface area contributed by atoms with E-state index >= 15 is 0 Å². The number of rotatable bonds is 6. The molecule has 10 nitrogen and oxygen atoms in total. The Balaban J connectivity index is 1.50. The number of ether oxygens (including phenoxy) is 2. The molecular weight excluding hydrogens is 496 g/mol. The number of aliphatic hydroxyl groups excluding tert-OH is 8. The highest BCUT2D eigenvalue weighted by Gasteiger charge is 2.45. The molecule has 2 aliphatic heterocycles. The van der Waals surface area contributed by atoms with Crippen molar-refractivity contribution in [3.8, 4) is 0 Å². The van der Waals surface area contributed by atoms with Crippen molar-refractivity contribution in [1.29, 1.82) is 0 Å². The van der Waals surface area contributed by atoms with Crippen molar-refractivity contribution in [2.75, 3.05) is 13.2 Å². The first-order chi connectivity index (χ1) is 18.1. The second-order valence-corrected chi connectivity index (χ2v) is 10.1. The van der Waals surface area contributed by atoms with Crippen molar-refractivity contribution in [2.45, 2.75) is 74.9 Å². The van der Waals surface area contributed by atoms with E-state index in [4.69, 9.17) is 9.47 Å². The third-order valence-electron chi connectivity index (χ3n) is 7.45. The van der Waals surface area contributed by atoms with Gasteiger partial charge in [0.2, 0.25) is 0 Å². The highest BCUT2D eigenvalue weighted by Crippen LogP contribution is 2.36. The Kier molecular flexibility index (Phi) is 9.00. The summed E-state index contributed by atoms with van der Waals surface area (Å²) in [5, 5.41) is 80.1. The van der Waals surface area contributed by atoms with Gasteiger partial charge in [0, 0.05) is 0 Å². The van der Waals surface area contributed by atoms with E-state index in [1.165, 1.54) is 0 Å². The molecule has 2 heterocycles. The molecule has 2 fully saturated rings. The molecule has 0 radical (unpaired) electrons. The Morgan fingerprint density at radius 1 is 0.579 bits per heavy atom. The van der Waals surface area contributed by atoms with Gasteiger partial charge in [-0.2, -0.15) is 0 Å².